The minimum Gasteiger partial charge on any atom is -0.196 e. The molecule has 0 atom stereocenters. The molecule has 0 unspecified atom stereocenters. The first-order valence-corrected chi connectivity index (χ1v) is 36.0. The van der Waals surface area contributed by atoms with Crippen LogP contribution in [-0.4, -0.2) is 132 Å². The number of hydrogen-bond acceptors (Lipinski definition) is 0. The van der Waals surface area contributed by atoms with E-state index in [0.717, 1.165) is 0 Å². The zero-order valence-corrected chi connectivity index (χ0v) is 69.0. The molecule has 4 aromatic carbocycles. The van der Waals surface area contributed by atoms with Crippen molar-refractivity contribution in [3.63, 3.8) is 0 Å². The second-order valence-electron chi connectivity index (χ2n) is 32.9. The van der Waals surface area contributed by atoms with E-state index in [9.17, 15) is 0 Å². The summed E-state index contributed by atoms with van der Waals surface area (Å²) in [4.78, 5) is 0. The molecule has 0 aliphatic carbocycles. The Morgan fingerprint density at radius 1 is 0.224 bits per heavy atom. The summed E-state index contributed by atoms with van der Waals surface area (Å²) in [6.07, 6.45) is -1.92. The Labute approximate surface area is 520 Å². The van der Waals surface area contributed by atoms with Crippen LogP contribution in [0.5, 0.6) is 0 Å². The summed E-state index contributed by atoms with van der Waals surface area (Å²) in [5.41, 5.74) is 17.7. The van der Waals surface area contributed by atoms with Gasteiger partial charge in [-0.3, -0.25) is 0 Å². The minimum atomic E-state index is -0.960. The second kappa shape index (κ2) is 27.1. The molecule has 0 heterocycles. The van der Waals surface area contributed by atoms with Crippen LogP contribution < -0.4 is 21.9 Å². The van der Waals surface area contributed by atoms with Crippen molar-refractivity contribution in [1.82, 2.24) is 0 Å². The second-order valence-corrected chi connectivity index (χ2v) is 50.4. The molecule has 0 saturated heterocycles. The van der Waals surface area contributed by atoms with E-state index >= 15 is 0 Å². The summed E-state index contributed by atoms with van der Waals surface area (Å²) in [6, 6.07) is 35.4. The van der Waals surface area contributed by atoms with Gasteiger partial charge in [-0.15, -0.1) is 0 Å². The molecule has 0 nitrogen and oxygen atoms in total. The molecular formula is C68H120B2P4Tl2+4. The first-order chi connectivity index (χ1) is 32.9. The van der Waals surface area contributed by atoms with Crippen molar-refractivity contribution < 1.29 is 0 Å². The molecule has 8 heteroatoms. The van der Waals surface area contributed by atoms with Gasteiger partial charge in [0.05, 0.1) is 41.2 Å². The first kappa shape index (κ1) is 74.6. The smallest absolute Gasteiger partial charge is 0.196 e. The molecule has 0 spiro atoms. The molecular weight excluding hydrogens is 1370 g/mol. The molecule has 76 heavy (non-hydrogen) atoms. The summed E-state index contributed by atoms with van der Waals surface area (Å²) >= 11 is 0. The molecule has 0 bridgehead atoms. The fourth-order valence-electron chi connectivity index (χ4n) is 15.1. The van der Waals surface area contributed by atoms with Gasteiger partial charge in [-0.25, -0.2) is 0 Å². The molecule has 0 radical (unpaired) electrons. The zero-order chi connectivity index (χ0) is 57.6. The van der Waals surface area contributed by atoms with Gasteiger partial charge >= 0.3 is 54.6 Å². The van der Waals surface area contributed by atoms with Gasteiger partial charge in [0.25, 0.3) is 0 Å². The van der Waals surface area contributed by atoms with E-state index in [1.54, 1.807) is 21.9 Å². The SMILES string of the molecule is Cc1cc(C)cc([B-](C[PH+](C(C)(C)C)C(C)(C)C)(C[PH+](C(C)(C)C)C(C)(C)C)c2cc(C)cc(C)c2)c1.Cc1cc(C)cc([B-](C[PH+](C(C)(C)C)C(C)(C)C)(C[PH+](C(C)(C)C)C(C)(C)C)c2cc(C)cc(C)c2)c1.[Tl+].[Tl+]. The normalized spacial score (nSPS) is 13.7. The molecule has 0 saturated carbocycles. The van der Waals surface area contributed by atoms with Crippen LogP contribution in [0.25, 0.3) is 0 Å². The zero-order valence-electron chi connectivity index (χ0n) is 56.1. The minimum absolute atomic E-state index is 0. The van der Waals surface area contributed by atoms with Crippen LogP contribution in [0.3, 0.4) is 0 Å². The molecule has 420 valence electrons. The van der Waals surface area contributed by atoms with Gasteiger partial charge in [0.2, 0.25) is 0 Å². The number of rotatable bonds is 12. The van der Waals surface area contributed by atoms with E-state index in [4.69, 9.17) is 0 Å². The Bertz CT molecular complexity index is 2020. The standard InChI is InChI=1S/2C34H58BP2.2Tl/c2*1-25-17-26(2)20-29(19-25)35(30-21-27(3)18-28(4)22-30,23-36(31(5,6)7)32(8,9)10)24-37(33(11,12)13)34(14,15)16;;/h2*17-22H,23-24H2,1-16H3;;/q2*-1;2*+1/p+4. The fourth-order valence-corrected chi connectivity index (χ4v) is 34.9. The molecule has 0 N–H and O–H groups in total. The van der Waals surface area contributed by atoms with Crippen LogP contribution in [0.4, 0.5) is 0 Å². The van der Waals surface area contributed by atoms with Crippen molar-refractivity contribution in [3.05, 3.63) is 117 Å². The molecule has 0 amide bonds. The molecule has 4 aromatic rings. The Morgan fingerprint density at radius 3 is 0.421 bits per heavy atom. The monoisotopic (exact) mass is 1490 g/mol. The van der Waals surface area contributed by atoms with Crippen molar-refractivity contribution in [3.8, 4) is 0 Å². The summed E-state index contributed by atoms with van der Waals surface area (Å²) < 4.78 is 0. The Balaban J connectivity index is 0.000000741. The van der Waals surface area contributed by atoms with E-state index in [2.05, 4.69) is 294 Å². The molecule has 4 rings (SSSR count). The third kappa shape index (κ3) is 20.4. The Morgan fingerprint density at radius 2 is 0.329 bits per heavy atom. The maximum atomic E-state index is 2.57. The van der Waals surface area contributed by atoms with Gasteiger partial charge in [-0.05, 0) is 253 Å². The number of benzene rings is 4. The van der Waals surface area contributed by atoms with Crippen LogP contribution in [0.15, 0.2) is 72.8 Å². The van der Waals surface area contributed by atoms with E-state index in [-0.39, 0.29) is 54.6 Å². The number of aryl methyl sites for hydroxylation is 8. The van der Waals surface area contributed by atoms with Gasteiger partial charge in [0, 0.05) is 0 Å². The number of hydrogen-bond donors (Lipinski definition) is 0. The van der Waals surface area contributed by atoms with Crippen LogP contribution >= 0.6 is 31.7 Å². The van der Waals surface area contributed by atoms with Gasteiger partial charge in [-0.2, -0.15) is 21.9 Å². The summed E-state index contributed by atoms with van der Waals surface area (Å²) in [6.45, 7) is 79.0. The van der Waals surface area contributed by atoms with Crippen molar-refractivity contribution in [2.24, 2.45) is 0 Å². The van der Waals surface area contributed by atoms with Crippen molar-refractivity contribution in [2.75, 3.05) is 24.2 Å². The van der Waals surface area contributed by atoms with Gasteiger partial charge < -0.3 is 0 Å². The molecule has 0 aliphatic heterocycles. The van der Waals surface area contributed by atoms with Gasteiger partial charge in [0.15, 0.2) is 0 Å². The van der Waals surface area contributed by atoms with E-state index in [1.807, 2.05) is 0 Å². The third-order valence-electron chi connectivity index (χ3n) is 17.0. The van der Waals surface area contributed by atoms with Crippen LogP contribution in [0, 0.1) is 55.4 Å². The van der Waals surface area contributed by atoms with E-state index in [1.165, 1.54) is 68.8 Å². The predicted molar refractivity (Wildman–Crippen MR) is 376 cm³/mol. The van der Waals surface area contributed by atoms with Crippen LogP contribution in [0.2, 0.25) is 0 Å². The predicted octanol–water partition coefficient (Wildman–Crippen LogP) is 17.6. The molecule has 0 aromatic heterocycles. The van der Waals surface area contributed by atoms with Crippen LogP contribution in [0.1, 0.15) is 211 Å². The van der Waals surface area contributed by atoms with Crippen molar-refractivity contribution >= 4 is 120 Å². The van der Waals surface area contributed by atoms with Crippen molar-refractivity contribution in [1.29, 1.82) is 0 Å². The third-order valence-corrected chi connectivity index (χ3v) is 35.9. The average molecular weight is 1490 g/mol. The van der Waals surface area contributed by atoms with E-state index in [0.29, 0.717) is 41.2 Å². The summed E-state index contributed by atoms with van der Waals surface area (Å²) in [5.74, 6) is 0. The topological polar surface area (TPSA) is 0 Å². The molecule has 0 aliphatic rings. The average Bonchev–Trinajstić information content (AvgIpc) is 3.13. The van der Waals surface area contributed by atoms with Gasteiger partial charge in [0.1, 0.15) is 12.3 Å². The Kier molecular flexibility index (Phi) is 26.6. The first-order valence-electron chi connectivity index (χ1n) is 29.1. The largest absolute Gasteiger partial charge is 1.00 e. The summed E-state index contributed by atoms with van der Waals surface area (Å²) in [5, 5.41) is 2.59. The molecule has 0 fully saturated rings. The quantitative estimate of drug-likeness (QED) is 0.0980. The maximum absolute atomic E-state index is 2.57. The summed E-state index contributed by atoms with van der Waals surface area (Å²) in [7, 11) is -3.07. The van der Waals surface area contributed by atoms with E-state index < -0.39 is 44.0 Å². The van der Waals surface area contributed by atoms with Gasteiger partial charge in [-0.1, -0.05) is 142 Å². The van der Waals surface area contributed by atoms with Crippen LogP contribution in [-0.2, 0) is 0 Å². The maximum Gasteiger partial charge on any atom is 1.00 e. The fraction of sp³-hybridized carbons (Fsp3) is 0.647. The van der Waals surface area contributed by atoms with Crippen molar-refractivity contribution in [2.45, 2.75) is 263 Å². The Hall–Kier alpha value is 0.574.